The van der Waals surface area contributed by atoms with Crippen LogP contribution in [0.3, 0.4) is 0 Å². The summed E-state index contributed by atoms with van der Waals surface area (Å²) in [6, 6.07) is 14.4. The molecule has 6 nitrogen and oxygen atoms in total. The molecule has 2 N–H and O–H groups in total. The van der Waals surface area contributed by atoms with Gasteiger partial charge in [-0.25, -0.2) is 4.79 Å². The van der Waals surface area contributed by atoms with Crippen LogP contribution in [0.15, 0.2) is 48.5 Å². The molecule has 6 heteroatoms. The van der Waals surface area contributed by atoms with E-state index in [0.717, 1.165) is 23.5 Å². The Morgan fingerprint density at radius 3 is 2.47 bits per heavy atom. The number of hydrogen-bond donors (Lipinski definition) is 2. The van der Waals surface area contributed by atoms with E-state index in [1.165, 1.54) is 32.1 Å². The van der Waals surface area contributed by atoms with Crippen LogP contribution in [-0.2, 0) is 14.9 Å². The van der Waals surface area contributed by atoms with E-state index >= 15 is 0 Å². The summed E-state index contributed by atoms with van der Waals surface area (Å²) in [4.78, 5) is 24.8. The van der Waals surface area contributed by atoms with E-state index in [0.29, 0.717) is 32.0 Å². The molecular weight excluding hydrogens is 430 g/mol. The van der Waals surface area contributed by atoms with Crippen LogP contribution in [0.5, 0.6) is 5.75 Å². The van der Waals surface area contributed by atoms with Gasteiger partial charge < -0.3 is 19.9 Å². The lowest BCUT2D eigenvalue weighted by atomic mass is 9.73. The molecule has 1 heterocycles. The summed E-state index contributed by atoms with van der Waals surface area (Å²) in [7, 11) is 0. The molecule has 2 aromatic carbocycles. The fraction of sp³-hybridized carbons (Fsp3) is 0.500. The number of carboxylic acid groups (broad SMARTS) is 1. The van der Waals surface area contributed by atoms with Crippen molar-refractivity contribution in [2.24, 2.45) is 5.92 Å². The number of nitrogens with one attached hydrogen (secondary N) is 1. The average molecular weight is 466 g/mol. The molecule has 4 rings (SSSR count). The predicted octanol–water partition coefficient (Wildman–Crippen LogP) is 5.27. The van der Waals surface area contributed by atoms with Crippen LogP contribution in [0.4, 0.5) is 0 Å². The lowest BCUT2D eigenvalue weighted by Crippen LogP contribution is -2.48. The van der Waals surface area contributed by atoms with Gasteiger partial charge in [0.25, 0.3) is 0 Å². The Morgan fingerprint density at radius 1 is 1.09 bits per heavy atom. The molecule has 34 heavy (non-hydrogen) atoms. The van der Waals surface area contributed by atoms with E-state index in [9.17, 15) is 9.59 Å². The fourth-order valence-electron chi connectivity index (χ4n) is 5.15. The molecule has 1 saturated carbocycles. The van der Waals surface area contributed by atoms with Crippen LogP contribution in [-0.4, -0.2) is 36.8 Å². The number of amides is 1. The van der Waals surface area contributed by atoms with Crippen molar-refractivity contribution >= 4 is 11.9 Å². The van der Waals surface area contributed by atoms with Gasteiger partial charge in [-0.3, -0.25) is 4.79 Å². The van der Waals surface area contributed by atoms with Crippen LogP contribution >= 0.6 is 0 Å². The van der Waals surface area contributed by atoms with Crippen molar-refractivity contribution in [3.05, 3.63) is 65.2 Å². The van der Waals surface area contributed by atoms with E-state index in [1.807, 2.05) is 31.2 Å². The quantitative estimate of drug-likeness (QED) is 0.555. The molecule has 0 unspecified atom stereocenters. The number of hydrogen-bond acceptors (Lipinski definition) is 4. The molecule has 0 radical (unpaired) electrons. The molecule has 1 aliphatic carbocycles. The summed E-state index contributed by atoms with van der Waals surface area (Å²) in [6.45, 7) is 3.71. The summed E-state index contributed by atoms with van der Waals surface area (Å²) in [5.41, 5.74) is 1.37. The summed E-state index contributed by atoms with van der Waals surface area (Å²) >= 11 is 0. The number of benzene rings is 2. The van der Waals surface area contributed by atoms with Crippen LogP contribution in [0.2, 0.25) is 0 Å². The van der Waals surface area contributed by atoms with Crippen molar-refractivity contribution in [1.82, 2.24) is 5.32 Å². The van der Waals surface area contributed by atoms with Gasteiger partial charge in [0, 0.05) is 13.2 Å². The molecule has 2 aromatic rings. The standard InChI is InChI=1S/C28H35NO5/c1-20(22-10-12-23(13-11-22)26(30)31)29-27(32)28(14-16-33-17-15-28)24-8-5-9-25(18-24)34-19-21-6-3-2-4-7-21/h5,8-13,18,20-21H,2-4,6-7,14-17,19H2,1H3,(H,29,32)(H,30,31)/t20-/m0/s1. The molecular formula is C28H35NO5. The van der Waals surface area contributed by atoms with Crippen molar-refractivity contribution < 1.29 is 24.2 Å². The Hall–Kier alpha value is -2.86. The largest absolute Gasteiger partial charge is 0.493 e. The maximum atomic E-state index is 13.7. The third kappa shape index (κ3) is 5.61. The first-order chi connectivity index (χ1) is 16.5. The highest BCUT2D eigenvalue weighted by Crippen LogP contribution is 2.37. The van der Waals surface area contributed by atoms with Crippen molar-refractivity contribution in [1.29, 1.82) is 0 Å². The van der Waals surface area contributed by atoms with Gasteiger partial charge in [0.1, 0.15) is 5.75 Å². The highest BCUT2D eigenvalue weighted by molar-refractivity contribution is 5.89. The molecule has 182 valence electrons. The second kappa shape index (κ2) is 11.0. The molecule has 0 aromatic heterocycles. The van der Waals surface area contributed by atoms with E-state index in [-0.39, 0.29) is 17.5 Å². The van der Waals surface area contributed by atoms with Gasteiger partial charge in [-0.2, -0.15) is 0 Å². The van der Waals surface area contributed by atoms with E-state index in [2.05, 4.69) is 5.32 Å². The normalized spacial score (nSPS) is 19.2. The van der Waals surface area contributed by atoms with Crippen LogP contribution in [0.1, 0.15) is 79.4 Å². The monoisotopic (exact) mass is 465 g/mol. The van der Waals surface area contributed by atoms with E-state index in [4.69, 9.17) is 14.6 Å². The van der Waals surface area contributed by atoms with Gasteiger partial charge >= 0.3 is 5.97 Å². The molecule has 1 atom stereocenters. The molecule has 0 bridgehead atoms. The maximum Gasteiger partial charge on any atom is 0.335 e. The minimum atomic E-state index is -0.963. The first-order valence-corrected chi connectivity index (χ1v) is 12.4. The Balaban J connectivity index is 1.49. The smallest absolute Gasteiger partial charge is 0.335 e. The zero-order valence-corrected chi connectivity index (χ0v) is 19.9. The zero-order chi connectivity index (χ0) is 24.0. The number of ether oxygens (including phenoxy) is 2. The first-order valence-electron chi connectivity index (χ1n) is 12.4. The first kappa shape index (κ1) is 24.3. The van der Waals surface area contributed by atoms with Gasteiger partial charge in [0.2, 0.25) is 5.91 Å². The summed E-state index contributed by atoms with van der Waals surface area (Å²) in [5, 5.41) is 12.3. The minimum absolute atomic E-state index is 0.0324. The fourth-order valence-corrected chi connectivity index (χ4v) is 5.15. The van der Waals surface area contributed by atoms with Crippen molar-refractivity contribution in [2.45, 2.75) is 63.3 Å². The number of carboxylic acids is 1. The zero-order valence-electron chi connectivity index (χ0n) is 19.9. The lowest BCUT2D eigenvalue weighted by Gasteiger charge is -2.37. The third-order valence-corrected chi connectivity index (χ3v) is 7.38. The van der Waals surface area contributed by atoms with Gasteiger partial charge in [0.15, 0.2) is 0 Å². The highest BCUT2D eigenvalue weighted by atomic mass is 16.5. The van der Waals surface area contributed by atoms with Crippen molar-refractivity contribution in [2.75, 3.05) is 19.8 Å². The molecule has 1 saturated heterocycles. The lowest BCUT2D eigenvalue weighted by molar-refractivity contribution is -0.131. The Kier molecular flexibility index (Phi) is 7.88. The highest BCUT2D eigenvalue weighted by Gasteiger charge is 2.42. The summed E-state index contributed by atoms with van der Waals surface area (Å²) < 4.78 is 11.8. The average Bonchev–Trinajstić information content (AvgIpc) is 2.88. The summed E-state index contributed by atoms with van der Waals surface area (Å²) in [6.07, 6.45) is 7.57. The Bertz CT molecular complexity index is 975. The van der Waals surface area contributed by atoms with E-state index < -0.39 is 11.4 Å². The van der Waals surface area contributed by atoms with Crippen LogP contribution < -0.4 is 10.1 Å². The van der Waals surface area contributed by atoms with Crippen LogP contribution in [0, 0.1) is 5.92 Å². The SMILES string of the molecule is C[C@H](NC(=O)C1(c2cccc(OCC3CCCCC3)c2)CCOCC1)c1ccc(C(=O)O)cc1. The number of carbonyl (C=O) groups excluding carboxylic acids is 1. The van der Waals surface area contributed by atoms with Crippen molar-refractivity contribution in [3.63, 3.8) is 0 Å². The number of carbonyl (C=O) groups is 2. The van der Waals surface area contributed by atoms with Gasteiger partial charge in [-0.15, -0.1) is 0 Å². The van der Waals surface area contributed by atoms with E-state index in [1.54, 1.807) is 24.3 Å². The minimum Gasteiger partial charge on any atom is -0.493 e. The second-order valence-electron chi connectivity index (χ2n) is 9.66. The topological polar surface area (TPSA) is 84.9 Å². The molecule has 1 aliphatic heterocycles. The maximum absolute atomic E-state index is 13.7. The predicted molar refractivity (Wildman–Crippen MR) is 130 cm³/mol. The Morgan fingerprint density at radius 2 is 1.79 bits per heavy atom. The second-order valence-corrected chi connectivity index (χ2v) is 9.66. The number of rotatable bonds is 8. The van der Waals surface area contributed by atoms with Gasteiger partial charge in [0.05, 0.1) is 23.6 Å². The van der Waals surface area contributed by atoms with Gasteiger partial charge in [-0.1, -0.05) is 43.5 Å². The van der Waals surface area contributed by atoms with Crippen LogP contribution in [0.25, 0.3) is 0 Å². The molecule has 2 aliphatic rings. The van der Waals surface area contributed by atoms with Gasteiger partial charge in [-0.05, 0) is 73.9 Å². The molecule has 2 fully saturated rings. The molecule has 1 amide bonds. The Labute approximate surface area is 201 Å². The third-order valence-electron chi connectivity index (χ3n) is 7.38. The molecule has 0 spiro atoms. The van der Waals surface area contributed by atoms with Crippen molar-refractivity contribution in [3.8, 4) is 5.75 Å². The number of aromatic carboxylic acids is 1. The summed E-state index contributed by atoms with van der Waals surface area (Å²) in [5.74, 6) is 0.440.